The molecule has 3 aliphatic carbocycles. The van der Waals surface area contributed by atoms with Crippen molar-refractivity contribution in [1.82, 2.24) is 9.80 Å². The monoisotopic (exact) mass is 880 g/mol. The number of ether oxygens (including phenoxy) is 1. The molecule has 2 saturated carbocycles. The van der Waals surface area contributed by atoms with Crippen molar-refractivity contribution in [3.05, 3.63) is 23.3 Å². The fraction of sp³-hybridized carbons (Fsp3) is 0.837. The summed E-state index contributed by atoms with van der Waals surface area (Å²) in [4.78, 5) is 37.9. The van der Waals surface area contributed by atoms with E-state index in [2.05, 4.69) is 11.8 Å². The highest BCUT2D eigenvalue weighted by molar-refractivity contribution is 7.84. The summed E-state index contributed by atoms with van der Waals surface area (Å²) >= 11 is 0. The van der Waals surface area contributed by atoms with Crippen LogP contribution in [0.2, 0.25) is 0 Å². The third-order valence-electron chi connectivity index (χ3n) is 14.5. The smallest absolute Gasteiger partial charge is 0.410 e. The zero-order valence-corrected chi connectivity index (χ0v) is 36.4. The second kappa shape index (κ2) is 20.1. The summed E-state index contributed by atoms with van der Waals surface area (Å²) in [6.45, 7) is 5.85. The molecule has 1 unspecified atom stereocenters. The van der Waals surface area contributed by atoms with Crippen LogP contribution in [0.25, 0.3) is 0 Å². The number of alkyl halides is 5. The van der Waals surface area contributed by atoms with Crippen LogP contribution < -0.4 is 9.26 Å². The summed E-state index contributed by atoms with van der Waals surface area (Å²) in [6.07, 6.45) is 11.5. The number of nitrogens with zero attached hydrogens (tertiary/aromatic N) is 2. The van der Waals surface area contributed by atoms with Crippen molar-refractivity contribution in [2.75, 3.05) is 37.7 Å². The van der Waals surface area contributed by atoms with Gasteiger partial charge in [-0.05, 0) is 131 Å². The number of benzene rings is 1. The minimum atomic E-state index is -5.58. The van der Waals surface area contributed by atoms with Crippen LogP contribution in [0.15, 0.2) is 12.1 Å². The van der Waals surface area contributed by atoms with Gasteiger partial charge in [-0.2, -0.15) is 22.0 Å². The number of amides is 1. The Kier molecular flexibility index (Phi) is 15.9. The van der Waals surface area contributed by atoms with E-state index < -0.39 is 49.7 Å². The van der Waals surface area contributed by atoms with Gasteiger partial charge in [0.25, 0.3) is 0 Å². The Morgan fingerprint density at radius 2 is 1.53 bits per heavy atom. The largest absolute Gasteiger partial charge is 0.524 e. The Labute approximate surface area is 349 Å². The van der Waals surface area contributed by atoms with E-state index in [0.717, 1.165) is 108 Å². The van der Waals surface area contributed by atoms with Gasteiger partial charge in [0.15, 0.2) is 0 Å². The molecule has 59 heavy (non-hydrogen) atoms. The molecule has 1 amide bonds. The number of halogens is 5. The fourth-order valence-electron chi connectivity index (χ4n) is 11.5. The molecule has 5 aliphatic rings. The van der Waals surface area contributed by atoms with Gasteiger partial charge in [0.2, 0.25) is 0 Å². The maximum Gasteiger partial charge on any atom is 0.524 e. The topological polar surface area (TPSA) is 117 Å². The zero-order valence-electron chi connectivity index (χ0n) is 34.7. The molecule has 336 valence electrons. The minimum absolute atomic E-state index is 0.0896. The molecule has 16 heteroatoms. The molecule has 1 aromatic rings. The zero-order chi connectivity index (χ0) is 42.4. The van der Waals surface area contributed by atoms with Crippen molar-refractivity contribution in [3.63, 3.8) is 0 Å². The molecule has 4 fully saturated rings. The third kappa shape index (κ3) is 12.2. The van der Waals surface area contributed by atoms with Crippen molar-refractivity contribution in [3.8, 4) is 11.5 Å². The lowest BCUT2D eigenvalue weighted by Crippen LogP contribution is -2.48. The average molecular weight is 881 g/mol. The summed E-state index contributed by atoms with van der Waals surface area (Å²) in [5.74, 6) is -2.88. The maximum absolute atomic E-state index is 13.5. The van der Waals surface area contributed by atoms with Gasteiger partial charge in [0.1, 0.15) is 11.5 Å². The Morgan fingerprint density at radius 3 is 2.20 bits per heavy atom. The van der Waals surface area contributed by atoms with Gasteiger partial charge < -0.3 is 19.1 Å². The van der Waals surface area contributed by atoms with Crippen LogP contribution in [-0.4, -0.2) is 85.7 Å². The Morgan fingerprint density at radius 1 is 0.864 bits per heavy atom. The molecule has 1 aromatic carbocycles. The lowest BCUT2D eigenvalue weighted by Gasteiger charge is -2.52. The van der Waals surface area contributed by atoms with E-state index in [1.165, 1.54) is 38.2 Å². The van der Waals surface area contributed by atoms with Gasteiger partial charge in [-0.3, -0.25) is 14.0 Å². The molecule has 2 saturated heterocycles. The van der Waals surface area contributed by atoms with Crippen LogP contribution in [0, 0.1) is 23.2 Å². The number of carbonyl (C=O) groups is 1. The SMILES string of the molecule is C[C@@]12CCC[C@H]1[C@H]1[C@H](CCCCCCCCCS(=O)CCCC(F)(F)C(F)(F)F)Cc3cc(OC(=O)N4CCC(N5CCCCC5)CC4)cc(OP(=O)(O)O)c3[C@H]1CC2. The molecule has 6 atom stereocenters. The highest BCUT2D eigenvalue weighted by Gasteiger charge is 2.57. The van der Waals surface area contributed by atoms with Gasteiger partial charge in [-0.25, -0.2) is 9.36 Å². The minimum Gasteiger partial charge on any atom is -0.410 e. The molecular formula is C43H66F5N2O7PS. The molecular weight excluding hydrogens is 815 g/mol. The summed E-state index contributed by atoms with van der Waals surface area (Å²) < 4.78 is 99.3. The first-order chi connectivity index (χ1) is 27.9. The standard InChI is InChI=1S/C43H66F5N2O7PS/c1-41-19-12-15-36(41)38-31(14-8-5-3-2-4-6-11-26-59(55)27-13-20-42(44,45)43(46,47)48)28-32-29-34(30-37(57-58(52,53)54)39(32)35(38)16-21-41)56-40(51)50-24-17-33(18-25-50)49-22-9-7-10-23-49/h29-31,33,35-36,38H,2-28H2,1H3,(H2,52,53,54)/t31-,35+,36+,38+,41+,59?/m1/s1. The molecule has 2 N–H and O–H groups in total. The fourth-order valence-corrected chi connectivity index (χ4v) is 13.1. The number of fused-ring (bicyclic) bond motifs is 5. The molecule has 0 aromatic heterocycles. The van der Waals surface area contributed by atoms with Crippen molar-refractivity contribution in [1.29, 1.82) is 0 Å². The highest BCUT2D eigenvalue weighted by atomic mass is 32.2. The van der Waals surface area contributed by atoms with E-state index in [9.17, 15) is 45.3 Å². The summed E-state index contributed by atoms with van der Waals surface area (Å²) in [6, 6.07) is 3.91. The van der Waals surface area contributed by atoms with Crippen LogP contribution >= 0.6 is 7.82 Å². The molecule has 6 rings (SSSR count). The van der Waals surface area contributed by atoms with E-state index in [-0.39, 0.29) is 28.6 Å². The van der Waals surface area contributed by atoms with Gasteiger partial charge in [0.05, 0.1) is 0 Å². The predicted octanol–water partition coefficient (Wildman–Crippen LogP) is 10.9. The first-order valence-corrected chi connectivity index (χ1v) is 25.4. The van der Waals surface area contributed by atoms with E-state index >= 15 is 0 Å². The quantitative estimate of drug-likeness (QED) is 0.0851. The van der Waals surface area contributed by atoms with Crippen LogP contribution in [-0.2, 0) is 21.8 Å². The van der Waals surface area contributed by atoms with Crippen molar-refractivity contribution < 1.29 is 54.6 Å². The molecule has 0 bridgehead atoms. The van der Waals surface area contributed by atoms with Crippen LogP contribution in [0.5, 0.6) is 11.5 Å². The van der Waals surface area contributed by atoms with Gasteiger partial charge in [-0.1, -0.05) is 58.3 Å². The maximum atomic E-state index is 13.5. The summed E-state index contributed by atoms with van der Waals surface area (Å²) in [5.41, 5.74) is 2.06. The second-order valence-electron chi connectivity index (χ2n) is 18.5. The van der Waals surface area contributed by atoms with Gasteiger partial charge in [-0.15, -0.1) is 0 Å². The van der Waals surface area contributed by atoms with Crippen LogP contribution in [0.4, 0.5) is 26.7 Å². The number of piperidine rings is 2. The Hall–Kier alpha value is -1.80. The Bertz CT molecular complexity index is 1630. The first kappa shape index (κ1) is 46.7. The van der Waals surface area contributed by atoms with Gasteiger partial charge in [0, 0.05) is 59.5 Å². The lowest BCUT2D eigenvalue weighted by atomic mass is 9.52. The van der Waals surface area contributed by atoms with E-state index in [4.69, 9.17) is 9.26 Å². The number of unbranched alkanes of at least 4 members (excludes halogenated alkanes) is 6. The normalized spacial score (nSPS) is 27.5. The van der Waals surface area contributed by atoms with Crippen molar-refractivity contribution in [2.24, 2.45) is 23.2 Å². The predicted molar refractivity (Wildman–Crippen MR) is 218 cm³/mol. The number of rotatable bonds is 18. The Balaban J connectivity index is 1.04. The van der Waals surface area contributed by atoms with E-state index in [1.54, 1.807) is 4.90 Å². The second-order valence-corrected chi connectivity index (χ2v) is 21.4. The molecule has 2 aliphatic heterocycles. The molecule has 9 nitrogen and oxygen atoms in total. The first-order valence-electron chi connectivity index (χ1n) is 22.4. The number of carbonyl (C=O) groups excluding carboxylic acids is 1. The lowest BCUT2D eigenvalue weighted by molar-refractivity contribution is -0.284. The summed E-state index contributed by atoms with van der Waals surface area (Å²) in [5, 5.41) is 0. The number of hydrogen-bond donors (Lipinski definition) is 2. The molecule has 0 radical (unpaired) electrons. The van der Waals surface area contributed by atoms with E-state index in [1.807, 2.05) is 6.07 Å². The van der Waals surface area contributed by atoms with Crippen molar-refractivity contribution >= 4 is 24.7 Å². The third-order valence-corrected chi connectivity index (χ3v) is 16.4. The number of likely N-dealkylation sites (tertiary alicyclic amines) is 2. The number of hydrogen-bond acceptors (Lipinski definition) is 6. The average Bonchev–Trinajstić information content (AvgIpc) is 3.58. The van der Waals surface area contributed by atoms with Crippen LogP contribution in [0.1, 0.15) is 152 Å². The van der Waals surface area contributed by atoms with Crippen molar-refractivity contribution in [2.45, 2.75) is 166 Å². The highest BCUT2D eigenvalue weighted by Crippen LogP contribution is 2.64. The number of phosphoric acid groups is 1. The number of phosphoric ester groups is 1. The van der Waals surface area contributed by atoms with Crippen LogP contribution in [0.3, 0.4) is 0 Å². The molecule has 0 spiro atoms. The van der Waals surface area contributed by atoms with Gasteiger partial charge >= 0.3 is 26.0 Å². The summed E-state index contributed by atoms with van der Waals surface area (Å²) in [7, 11) is -6.33. The van der Waals surface area contributed by atoms with E-state index in [0.29, 0.717) is 49.1 Å². The molecule has 2 heterocycles.